The number of hydrogen-bond donors (Lipinski definition) is 0. The number of halogens is 1. The van der Waals surface area contributed by atoms with Crippen molar-refractivity contribution < 1.29 is 9.53 Å². The molecule has 1 saturated carbocycles. The molecule has 0 saturated heterocycles. The minimum absolute atomic E-state index is 0.164. The van der Waals surface area contributed by atoms with E-state index in [2.05, 4.69) is 26.9 Å². The molecule has 3 nitrogen and oxygen atoms in total. The molecule has 1 unspecified atom stereocenters. The lowest BCUT2D eigenvalue weighted by Crippen LogP contribution is -2.48. The molecule has 1 aliphatic heterocycles. The second-order valence-electron chi connectivity index (χ2n) is 5.93. The van der Waals surface area contributed by atoms with Gasteiger partial charge in [0, 0.05) is 24.3 Å². The summed E-state index contributed by atoms with van der Waals surface area (Å²) in [6, 6.07) is 8.38. The van der Waals surface area contributed by atoms with Crippen LogP contribution in [0.3, 0.4) is 0 Å². The fraction of sp³-hybridized carbons (Fsp3) is 0.588. The van der Waals surface area contributed by atoms with Crippen LogP contribution in [-0.2, 0) is 11.2 Å². The van der Waals surface area contributed by atoms with E-state index in [1.807, 2.05) is 18.2 Å². The van der Waals surface area contributed by atoms with Crippen molar-refractivity contribution in [3.63, 3.8) is 0 Å². The molecule has 0 spiro atoms. The van der Waals surface area contributed by atoms with Crippen LogP contribution >= 0.6 is 15.9 Å². The summed E-state index contributed by atoms with van der Waals surface area (Å²) in [6.07, 6.45) is 6.43. The number of alkyl halides is 1. The van der Waals surface area contributed by atoms with Gasteiger partial charge < -0.3 is 9.64 Å². The van der Waals surface area contributed by atoms with E-state index in [1.165, 1.54) is 19.3 Å². The third-order valence-corrected chi connectivity index (χ3v) is 4.90. The van der Waals surface area contributed by atoms with Gasteiger partial charge in [-0.25, -0.2) is 0 Å². The van der Waals surface area contributed by atoms with Gasteiger partial charge in [0.2, 0.25) is 0 Å². The Morgan fingerprint density at radius 1 is 1.24 bits per heavy atom. The first-order valence-electron chi connectivity index (χ1n) is 7.90. The third-order valence-electron chi connectivity index (χ3n) is 4.55. The maximum Gasteiger partial charge on any atom is 0.264 e. The smallest absolute Gasteiger partial charge is 0.264 e. The molecule has 1 amide bonds. The van der Waals surface area contributed by atoms with Gasteiger partial charge in [0.1, 0.15) is 5.75 Å². The number of carbonyl (C=O) groups is 1. The Morgan fingerprint density at radius 3 is 2.71 bits per heavy atom. The van der Waals surface area contributed by atoms with E-state index >= 15 is 0 Å². The molecule has 1 heterocycles. The van der Waals surface area contributed by atoms with Crippen LogP contribution in [-0.4, -0.2) is 34.8 Å². The number of para-hydroxylation sites is 1. The number of carbonyl (C=O) groups excluding carboxylic acids is 1. The van der Waals surface area contributed by atoms with Crippen LogP contribution < -0.4 is 4.74 Å². The molecule has 1 aliphatic carbocycles. The van der Waals surface area contributed by atoms with Crippen LogP contribution in [0.15, 0.2) is 24.3 Å². The van der Waals surface area contributed by atoms with Gasteiger partial charge in [-0.05, 0) is 24.5 Å². The minimum Gasteiger partial charge on any atom is -0.480 e. The maximum absolute atomic E-state index is 12.9. The Labute approximate surface area is 134 Å². The van der Waals surface area contributed by atoms with E-state index in [0.29, 0.717) is 12.5 Å². The zero-order valence-electron chi connectivity index (χ0n) is 12.3. The Morgan fingerprint density at radius 2 is 2.00 bits per heavy atom. The summed E-state index contributed by atoms with van der Waals surface area (Å²) in [4.78, 5) is 14.9. The molecule has 4 heteroatoms. The predicted molar refractivity (Wildman–Crippen MR) is 86.9 cm³/mol. The van der Waals surface area contributed by atoms with Crippen molar-refractivity contribution in [2.24, 2.45) is 0 Å². The van der Waals surface area contributed by atoms with Crippen molar-refractivity contribution in [2.75, 3.05) is 11.9 Å². The van der Waals surface area contributed by atoms with E-state index in [9.17, 15) is 4.79 Å². The van der Waals surface area contributed by atoms with Crippen LogP contribution in [0.4, 0.5) is 0 Å². The van der Waals surface area contributed by atoms with Crippen molar-refractivity contribution in [1.29, 1.82) is 0 Å². The molecular weight excluding hydrogens is 330 g/mol. The molecule has 0 bridgehead atoms. The van der Waals surface area contributed by atoms with Crippen LogP contribution in [0, 0.1) is 0 Å². The summed E-state index contributed by atoms with van der Waals surface area (Å²) in [5.41, 5.74) is 1.15. The highest BCUT2D eigenvalue weighted by Crippen LogP contribution is 2.30. The maximum atomic E-state index is 12.9. The van der Waals surface area contributed by atoms with Crippen LogP contribution in [0.5, 0.6) is 5.75 Å². The number of hydrogen-bond acceptors (Lipinski definition) is 2. The average molecular weight is 352 g/mol. The van der Waals surface area contributed by atoms with Gasteiger partial charge in [0.05, 0.1) is 0 Å². The van der Waals surface area contributed by atoms with Crippen molar-refractivity contribution in [3.8, 4) is 5.75 Å². The van der Waals surface area contributed by atoms with Gasteiger partial charge in [-0.15, -0.1) is 0 Å². The average Bonchev–Trinajstić information content (AvgIpc) is 2.97. The number of rotatable bonds is 4. The normalized spacial score (nSPS) is 21.7. The van der Waals surface area contributed by atoms with Crippen molar-refractivity contribution in [2.45, 2.75) is 50.7 Å². The van der Waals surface area contributed by atoms with E-state index in [-0.39, 0.29) is 12.0 Å². The van der Waals surface area contributed by atoms with Gasteiger partial charge in [-0.2, -0.15) is 0 Å². The van der Waals surface area contributed by atoms with E-state index in [1.54, 1.807) is 0 Å². The number of ether oxygens (including phenoxy) is 1. The molecule has 0 N–H and O–H groups in total. The van der Waals surface area contributed by atoms with E-state index < -0.39 is 0 Å². The van der Waals surface area contributed by atoms with Gasteiger partial charge >= 0.3 is 0 Å². The van der Waals surface area contributed by atoms with Crippen molar-refractivity contribution in [3.05, 3.63) is 29.8 Å². The van der Waals surface area contributed by atoms with Crippen LogP contribution in [0.25, 0.3) is 0 Å². The highest BCUT2D eigenvalue weighted by atomic mass is 79.9. The quantitative estimate of drug-likeness (QED) is 0.776. The second-order valence-corrected chi connectivity index (χ2v) is 6.72. The molecule has 114 valence electrons. The number of nitrogens with zero attached hydrogens (tertiary/aromatic N) is 1. The SMILES string of the molecule is O=C(C1Cc2ccccc2O1)N(CCBr)C1CCCCC1. The molecule has 2 aliphatic rings. The Balaban J connectivity index is 1.70. The number of fused-ring (bicyclic) bond motifs is 1. The fourth-order valence-electron chi connectivity index (χ4n) is 3.46. The summed E-state index contributed by atoms with van der Waals surface area (Å²) in [5.74, 6) is 1.04. The molecule has 1 aromatic carbocycles. The zero-order valence-corrected chi connectivity index (χ0v) is 13.8. The summed E-state index contributed by atoms with van der Waals surface area (Å²) >= 11 is 3.49. The molecule has 21 heavy (non-hydrogen) atoms. The minimum atomic E-state index is -0.330. The van der Waals surface area contributed by atoms with Crippen molar-refractivity contribution in [1.82, 2.24) is 4.90 Å². The van der Waals surface area contributed by atoms with E-state index in [4.69, 9.17) is 4.74 Å². The largest absolute Gasteiger partial charge is 0.480 e. The van der Waals surface area contributed by atoms with Gasteiger partial charge in [-0.3, -0.25) is 4.79 Å². The Bertz CT molecular complexity index is 474. The zero-order chi connectivity index (χ0) is 14.7. The summed E-state index contributed by atoms with van der Waals surface area (Å²) in [7, 11) is 0. The van der Waals surface area contributed by atoms with Gasteiger partial charge in [0.15, 0.2) is 6.10 Å². The molecular formula is C17H22BrNO2. The second kappa shape index (κ2) is 6.82. The monoisotopic (exact) mass is 351 g/mol. The van der Waals surface area contributed by atoms with Gasteiger partial charge in [-0.1, -0.05) is 53.4 Å². The van der Waals surface area contributed by atoms with Crippen molar-refractivity contribution >= 4 is 21.8 Å². The fourth-order valence-corrected chi connectivity index (χ4v) is 3.84. The first-order valence-corrected chi connectivity index (χ1v) is 9.03. The van der Waals surface area contributed by atoms with Crippen LogP contribution in [0.2, 0.25) is 0 Å². The Hall–Kier alpha value is -1.03. The lowest BCUT2D eigenvalue weighted by Gasteiger charge is -2.35. The summed E-state index contributed by atoms with van der Waals surface area (Å²) in [5, 5.41) is 0.828. The standard InChI is InChI=1S/C17H22BrNO2/c18-10-11-19(14-7-2-1-3-8-14)17(20)16-12-13-6-4-5-9-15(13)21-16/h4-6,9,14,16H,1-3,7-8,10-12H2. The highest BCUT2D eigenvalue weighted by Gasteiger charge is 2.35. The van der Waals surface area contributed by atoms with E-state index in [0.717, 1.165) is 36.0 Å². The molecule has 3 rings (SSSR count). The lowest BCUT2D eigenvalue weighted by molar-refractivity contribution is -0.140. The lowest BCUT2D eigenvalue weighted by atomic mass is 9.93. The summed E-state index contributed by atoms with van der Waals surface area (Å²) in [6.45, 7) is 0.777. The third kappa shape index (κ3) is 3.25. The van der Waals surface area contributed by atoms with Crippen LogP contribution in [0.1, 0.15) is 37.7 Å². The first-order chi connectivity index (χ1) is 10.3. The highest BCUT2D eigenvalue weighted by molar-refractivity contribution is 9.09. The predicted octanol–water partition coefficient (Wildman–Crippen LogP) is 3.55. The molecule has 1 aromatic rings. The number of amides is 1. The molecule has 0 aromatic heterocycles. The molecule has 0 radical (unpaired) electrons. The summed E-state index contributed by atoms with van der Waals surface area (Å²) < 4.78 is 5.88. The number of benzene rings is 1. The molecule has 1 fully saturated rings. The molecule has 1 atom stereocenters. The topological polar surface area (TPSA) is 29.5 Å². The first kappa shape index (κ1) is 14.9. The van der Waals surface area contributed by atoms with Gasteiger partial charge in [0.25, 0.3) is 5.91 Å². The Kier molecular flexibility index (Phi) is 4.84.